The Balaban J connectivity index is 2.72. The number of aryl methyl sites for hydroxylation is 1. The summed E-state index contributed by atoms with van der Waals surface area (Å²) in [6.07, 6.45) is 0. The summed E-state index contributed by atoms with van der Waals surface area (Å²) in [5.41, 5.74) is -0.0921. The van der Waals surface area contributed by atoms with E-state index in [9.17, 15) is 8.78 Å². The van der Waals surface area contributed by atoms with Crippen LogP contribution in [0.4, 0.5) is 8.78 Å². The summed E-state index contributed by atoms with van der Waals surface area (Å²) >= 11 is 8.73. The Bertz CT molecular complexity index is 570. The van der Waals surface area contributed by atoms with Gasteiger partial charge in [-0.25, -0.2) is 18.7 Å². The van der Waals surface area contributed by atoms with Crippen LogP contribution in [0.25, 0.3) is 11.3 Å². The molecule has 0 unspecified atom stereocenters. The highest BCUT2D eigenvalue weighted by atomic mass is 79.9. The molecule has 0 radical (unpaired) electrons. The van der Waals surface area contributed by atoms with Crippen molar-refractivity contribution in [2.75, 3.05) is 0 Å². The number of hydrogen-bond donors (Lipinski definition) is 0. The first-order valence-corrected chi connectivity index (χ1v) is 5.81. The van der Waals surface area contributed by atoms with Gasteiger partial charge in [0.1, 0.15) is 22.6 Å². The minimum Gasteiger partial charge on any atom is -0.233 e. The van der Waals surface area contributed by atoms with E-state index < -0.39 is 11.6 Å². The van der Waals surface area contributed by atoms with Crippen molar-refractivity contribution >= 4 is 27.5 Å². The van der Waals surface area contributed by atoms with Gasteiger partial charge in [0.2, 0.25) is 0 Å². The molecule has 1 aromatic heterocycles. The van der Waals surface area contributed by atoms with Crippen LogP contribution < -0.4 is 0 Å². The minimum absolute atomic E-state index is 0.124. The fourth-order valence-electron chi connectivity index (χ4n) is 1.42. The largest absolute Gasteiger partial charge is 0.233 e. The third-order valence-corrected chi connectivity index (χ3v) is 2.91. The highest BCUT2D eigenvalue weighted by Crippen LogP contribution is 2.30. The van der Waals surface area contributed by atoms with Crippen LogP contribution in [0.2, 0.25) is 5.15 Å². The van der Waals surface area contributed by atoms with Crippen LogP contribution in [0, 0.1) is 18.6 Å². The first kappa shape index (κ1) is 12.4. The normalized spacial score (nSPS) is 10.6. The maximum atomic E-state index is 13.8. The molecule has 17 heavy (non-hydrogen) atoms. The van der Waals surface area contributed by atoms with Gasteiger partial charge in [0, 0.05) is 6.07 Å². The maximum Gasteiger partial charge on any atom is 0.149 e. The van der Waals surface area contributed by atoms with E-state index in [-0.39, 0.29) is 20.9 Å². The molecule has 0 saturated heterocycles. The lowest BCUT2D eigenvalue weighted by atomic mass is 10.1. The predicted molar refractivity (Wildman–Crippen MR) is 64.8 cm³/mol. The van der Waals surface area contributed by atoms with Gasteiger partial charge < -0.3 is 0 Å². The standard InChI is InChI=1S/C11H6BrClF2N2/c1-5-16-8(4-9(13)17-5)10-7(14)3-2-6(12)11(10)15/h2-4H,1H3. The molecule has 88 valence electrons. The van der Waals surface area contributed by atoms with Crippen molar-refractivity contribution in [3.8, 4) is 11.3 Å². The van der Waals surface area contributed by atoms with Crippen molar-refractivity contribution < 1.29 is 8.78 Å². The first-order valence-electron chi connectivity index (χ1n) is 4.64. The van der Waals surface area contributed by atoms with E-state index in [4.69, 9.17) is 11.6 Å². The Morgan fingerprint density at radius 1 is 1.24 bits per heavy atom. The summed E-state index contributed by atoms with van der Waals surface area (Å²) in [6, 6.07) is 3.78. The zero-order valence-corrected chi connectivity index (χ0v) is 11.0. The molecule has 0 bridgehead atoms. The number of nitrogens with zero attached hydrogens (tertiary/aromatic N) is 2. The quantitative estimate of drug-likeness (QED) is 0.583. The Morgan fingerprint density at radius 2 is 1.94 bits per heavy atom. The zero-order chi connectivity index (χ0) is 12.6. The molecule has 0 amide bonds. The molecule has 2 aromatic rings. The molecule has 6 heteroatoms. The third kappa shape index (κ3) is 2.45. The van der Waals surface area contributed by atoms with Crippen LogP contribution in [0.15, 0.2) is 22.7 Å². The van der Waals surface area contributed by atoms with E-state index in [0.29, 0.717) is 5.82 Å². The second kappa shape index (κ2) is 4.66. The molecule has 1 aromatic carbocycles. The van der Waals surface area contributed by atoms with Crippen LogP contribution in [0.1, 0.15) is 5.82 Å². The minimum atomic E-state index is -0.709. The molecule has 0 aliphatic heterocycles. The van der Waals surface area contributed by atoms with Crippen molar-refractivity contribution in [1.82, 2.24) is 9.97 Å². The summed E-state index contributed by atoms with van der Waals surface area (Å²) in [4.78, 5) is 7.81. The van der Waals surface area contributed by atoms with E-state index >= 15 is 0 Å². The van der Waals surface area contributed by atoms with Gasteiger partial charge in [-0.3, -0.25) is 0 Å². The smallest absolute Gasteiger partial charge is 0.149 e. The number of halogens is 4. The van der Waals surface area contributed by atoms with Gasteiger partial charge in [0.05, 0.1) is 15.7 Å². The van der Waals surface area contributed by atoms with Crippen molar-refractivity contribution in [2.24, 2.45) is 0 Å². The van der Waals surface area contributed by atoms with E-state index in [1.807, 2.05) is 0 Å². The maximum absolute atomic E-state index is 13.8. The molecule has 0 N–H and O–H groups in total. The second-order valence-electron chi connectivity index (χ2n) is 3.34. The summed E-state index contributed by atoms with van der Waals surface area (Å²) in [5.74, 6) is -1.05. The van der Waals surface area contributed by atoms with Gasteiger partial charge in [-0.15, -0.1) is 0 Å². The van der Waals surface area contributed by atoms with Crippen molar-refractivity contribution in [3.05, 3.63) is 45.3 Å². The topological polar surface area (TPSA) is 25.8 Å². The van der Waals surface area contributed by atoms with E-state index in [2.05, 4.69) is 25.9 Å². The van der Waals surface area contributed by atoms with Gasteiger partial charge in [0.15, 0.2) is 0 Å². The SMILES string of the molecule is Cc1nc(Cl)cc(-c2c(F)ccc(Br)c2F)n1. The van der Waals surface area contributed by atoms with Gasteiger partial charge in [0.25, 0.3) is 0 Å². The fraction of sp³-hybridized carbons (Fsp3) is 0.0909. The fourth-order valence-corrected chi connectivity index (χ4v) is 1.98. The lowest BCUT2D eigenvalue weighted by Gasteiger charge is -2.06. The number of rotatable bonds is 1. The summed E-state index contributed by atoms with van der Waals surface area (Å²) in [6.45, 7) is 1.60. The Hall–Kier alpha value is -1.07. The molecule has 2 nitrogen and oxygen atoms in total. The van der Waals surface area contributed by atoms with Crippen LogP contribution in [0.3, 0.4) is 0 Å². The molecule has 1 heterocycles. The highest BCUT2D eigenvalue weighted by Gasteiger charge is 2.16. The summed E-state index contributed by atoms with van der Waals surface area (Å²) < 4.78 is 27.6. The van der Waals surface area contributed by atoms with Crippen LogP contribution >= 0.6 is 27.5 Å². The Morgan fingerprint density at radius 3 is 2.59 bits per heavy atom. The summed E-state index contributed by atoms with van der Waals surface area (Å²) in [7, 11) is 0. The Kier molecular flexibility index (Phi) is 3.40. The average molecular weight is 320 g/mol. The van der Waals surface area contributed by atoms with E-state index in [1.165, 1.54) is 12.1 Å². The van der Waals surface area contributed by atoms with Crippen molar-refractivity contribution in [2.45, 2.75) is 6.92 Å². The Labute approximate surface area is 110 Å². The number of aromatic nitrogens is 2. The average Bonchev–Trinajstić information content (AvgIpc) is 2.23. The molecule has 0 saturated carbocycles. The summed E-state index contributed by atoms with van der Waals surface area (Å²) in [5, 5.41) is 0.145. The van der Waals surface area contributed by atoms with E-state index in [0.717, 1.165) is 6.07 Å². The monoisotopic (exact) mass is 318 g/mol. The molecule has 0 spiro atoms. The van der Waals surface area contributed by atoms with E-state index in [1.54, 1.807) is 6.92 Å². The second-order valence-corrected chi connectivity index (χ2v) is 4.58. The van der Waals surface area contributed by atoms with Crippen molar-refractivity contribution in [1.29, 1.82) is 0 Å². The van der Waals surface area contributed by atoms with Gasteiger partial charge in [-0.2, -0.15) is 0 Å². The van der Waals surface area contributed by atoms with Crippen LogP contribution in [-0.4, -0.2) is 9.97 Å². The first-order chi connectivity index (χ1) is 7.99. The molecule has 0 fully saturated rings. The number of hydrogen-bond acceptors (Lipinski definition) is 2. The molecule has 0 atom stereocenters. The lowest BCUT2D eigenvalue weighted by molar-refractivity contribution is 0.584. The van der Waals surface area contributed by atoms with Gasteiger partial charge >= 0.3 is 0 Å². The molecular weight excluding hydrogens is 313 g/mol. The number of benzene rings is 1. The highest BCUT2D eigenvalue weighted by molar-refractivity contribution is 9.10. The van der Waals surface area contributed by atoms with Crippen LogP contribution in [-0.2, 0) is 0 Å². The van der Waals surface area contributed by atoms with Crippen molar-refractivity contribution in [3.63, 3.8) is 0 Å². The third-order valence-electron chi connectivity index (χ3n) is 2.11. The zero-order valence-electron chi connectivity index (χ0n) is 8.64. The van der Waals surface area contributed by atoms with Gasteiger partial charge in [-0.1, -0.05) is 11.6 Å². The van der Waals surface area contributed by atoms with Crippen LogP contribution in [0.5, 0.6) is 0 Å². The predicted octanol–water partition coefficient (Wildman–Crippen LogP) is 4.15. The molecule has 0 aliphatic carbocycles. The lowest BCUT2D eigenvalue weighted by Crippen LogP contribution is -1.97. The molecule has 0 aliphatic rings. The molecule has 2 rings (SSSR count). The van der Waals surface area contributed by atoms with Gasteiger partial charge in [-0.05, 0) is 35.0 Å². The molecular formula is C11H6BrClF2N2.